The summed E-state index contributed by atoms with van der Waals surface area (Å²) >= 11 is 2.29. The van der Waals surface area contributed by atoms with Crippen molar-refractivity contribution in [1.29, 1.82) is 0 Å². The van der Waals surface area contributed by atoms with Crippen molar-refractivity contribution in [3.63, 3.8) is 0 Å². The molecule has 0 aromatic heterocycles. The molecule has 1 heterocycles. The van der Waals surface area contributed by atoms with Crippen LogP contribution in [0.25, 0.3) is 0 Å². The van der Waals surface area contributed by atoms with Gasteiger partial charge in [0.05, 0.1) is 13.2 Å². The molecule has 146 valence electrons. The Labute approximate surface area is 167 Å². The zero-order valence-electron chi connectivity index (χ0n) is 14.9. The molecule has 0 aliphatic carbocycles. The molecule has 1 aliphatic heterocycles. The predicted octanol–water partition coefficient (Wildman–Crippen LogP) is 2.57. The van der Waals surface area contributed by atoms with Crippen LogP contribution in [0.15, 0.2) is 24.3 Å². The van der Waals surface area contributed by atoms with E-state index in [1.54, 1.807) is 0 Å². The molecule has 1 aromatic carbocycles. The van der Waals surface area contributed by atoms with E-state index >= 15 is 0 Å². The SMILES string of the molecule is CC1CCN(CCOCCOc2ccc(I)cc2)CC1.O=C(O)C(=O)O. The first kappa shape index (κ1) is 22.7. The second kappa shape index (κ2) is 12.9. The molecule has 1 saturated heterocycles. The van der Waals surface area contributed by atoms with Gasteiger partial charge >= 0.3 is 11.9 Å². The molecule has 1 fully saturated rings. The van der Waals surface area contributed by atoms with E-state index < -0.39 is 11.9 Å². The molecule has 0 atom stereocenters. The summed E-state index contributed by atoms with van der Waals surface area (Å²) in [5.74, 6) is -1.83. The summed E-state index contributed by atoms with van der Waals surface area (Å²) in [5.41, 5.74) is 0. The van der Waals surface area contributed by atoms with Crippen LogP contribution in [0.5, 0.6) is 5.75 Å². The molecule has 0 bridgehead atoms. The molecule has 8 heteroatoms. The van der Waals surface area contributed by atoms with Crippen molar-refractivity contribution >= 4 is 34.5 Å². The molecular weight excluding hydrogens is 453 g/mol. The number of nitrogens with zero attached hydrogens (tertiary/aromatic N) is 1. The van der Waals surface area contributed by atoms with Crippen molar-refractivity contribution in [2.75, 3.05) is 39.5 Å². The summed E-state index contributed by atoms with van der Waals surface area (Å²) in [7, 11) is 0. The van der Waals surface area contributed by atoms with Gasteiger partial charge in [-0.2, -0.15) is 0 Å². The first-order valence-electron chi connectivity index (χ1n) is 8.53. The Morgan fingerprint density at radius 2 is 1.65 bits per heavy atom. The van der Waals surface area contributed by atoms with Gasteiger partial charge in [0.25, 0.3) is 0 Å². The Morgan fingerprint density at radius 1 is 1.08 bits per heavy atom. The number of piperidine rings is 1. The fraction of sp³-hybridized carbons (Fsp3) is 0.556. The first-order valence-corrected chi connectivity index (χ1v) is 9.61. The number of hydrogen-bond acceptors (Lipinski definition) is 5. The second-order valence-electron chi connectivity index (χ2n) is 6.05. The molecular formula is C18H26INO6. The molecule has 1 aliphatic rings. The summed E-state index contributed by atoms with van der Waals surface area (Å²) in [6, 6.07) is 8.09. The quantitative estimate of drug-likeness (QED) is 0.353. The minimum atomic E-state index is -1.82. The number of aliphatic carboxylic acids is 2. The summed E-state index contributed by atoms with van der Waals surface area (Å²) < 4.78 is 12.5. The summed E-state index contributed by atoms with van der Waals surface area (Å²) in [4.78, 5) is 20.7. The van der Waals surface area contributed by atoms with Crippen molar-refractivity contribution in [3.8, 4) is 5.75 Å². The number of ether oxygens (including phenoxy) is 2. The summed E-state index contributed by atoms with van der Waals surface area (Å²) in [6.07, 6.45) is 2.66. The molecule has 2 N–H and O–H groups in total. The molecule has 0 unspecified atom stereocenters. The van der Waals surface area contributed by atoms with Crippen molar-refractivity contribution in [2.45, 2.75) is 19.8 Å². The van der Waals surface area contributed by atoms with E-state index in [0.717, 1.165) is 24.8 Å². The fourth-order valence-electron chi connectivity index (χ4n) is 2.33. The van der Waals surface area contributed by atoms with E-state index in [2.05, 4.69) is 34.4 Å². The third kappa shape index (κ3) is 10.6. The van der Waals surface area contributed by atoms with Gasteiger partial charge in [0, 0.05) is 10.1 Å². The van der Waals surface area contributed by atoms with E-state index in [0.29, 0.717) is 13.2 Å². The number of likely N-dealkylation sites (tertiary alicyclic amines) is 1. The van der Waals surface area contributed by atoms with Crippen LogP contribution < -0.4 is 4.74 Å². The zero-order valence-corrected chi connectivity index (χ0v) is 17.1. The fourth-order valence-corrected chi connectivity index (χ4v) is 2.69. The smallest absolute Gasteiger partial charge is 0.414 e. The molecule has 26 heavy (non-hydrogen) atoms. The van der Waals surface area contributed by atoms with E-state index in [-0.39, 0.29) is 0 Å². The van der Waals surface area contributed by atoms with Gasteiger partial charge < -0.3 is 24.6 Å². The molecule has 2 rings (SSSR count). The van der Waals surface area contributed by atoms with E-state index in [4.69, 9.17) is 29.3 Å². The molecule has 0 saturated carbocycles. The normalized spacial score (nSPS) is 15.0. The Morgan fingerprint density at radius 3 is 2.19 bits per heavy atom. The minimum Gasteiger partial charge on any atom is -0.491 e. The van der Waals surface area contributed by atoms with Gasteiger partial charge in [-0.25, -0.2) is 9.59 Å². The average molecular weight is 479 g/mol. The lowest BCUT2D eigenvalue weighted by Crippen LogP contribution is -2.35. The van der Waals surface area contributed by atoms with Crippen molar-refractivity contribution in [2.24, 2.45) is 5.92 Å². The summed E-state index contributed by atoms with van der Waals surface area (Å²) in [6.45, 7) is 7.94. The lowest BCUT2D eigenvalue weighted by molar-refractivity contribution is -0.159. The lowest BCUT2D eigenvalue weighted by Gasteiger charge is -2.29. The monoisotopic (exact) mass is 479 g/mol. The van der Waals surface area contributed by atoms with E-state index in [1.165, 1.54) is 29.5 Å². The maximum atomic E-state index is 9.10. The zero-order chi connectivity index (χ0) is 19.4. The van der Waals surface area contributed by atoms with Crippen molar-refractivity contribution in [1.82, 2.24) is 4.90 Å². The average Bonchev–Trinajstić information content (AvgIpc) is 2.61. The van der Waals surface area contributed by atoms with Gasteiger partial charge in [0.15, 0.2) is 0 Å². The number of rotatable bonds is 7. The Hall–Kier alpha value is -1.39. The first-order chi connectivity index (χ1) is 12.4. The van der Waals surface area contributed by atoms with Crippen LogP contribution in [0.4, 0.5) is 0 Å². The van der Waals surface area contributed by atoms with Crippen LogP contribution in [0.2, 0.25) is 0 Å². The molecule has 7 nitrogen and oxygen atoms in total. The standard InChI is InChI=1S/C16H24INO2.C2H2O4/c1-14-6-8-18(9-7-14)10-11-19-12-13-20-16-4-2-15(17)3-5-16;3-1(4)2(5)6/h2-5,14H,6-13H2,1H3;(H,3,4)(H,5,6). The van der Waals surface area contributed by atoms with Crippen LogP contribution in [-0.4, -0.2) is 66.5 Å². The van der Waals surface area contributed by atoms with Gasteiger partial charge in [-0.15, -0.1) is 0 Å². The van der Waals surface area contributed by atoms with Crippen molar-refractivity contribution in [3.05, 3.63) is 27.8 Å². The maximum Gasteiger partial charge on any atom is 0.414 e. The predicted molar refractivity (Wildman–Crippen MR) is 106 cm³/mol. The van der Waals surface area contributed by atoms with Gasteiger partial charge in [-0.1, -0.05) is 6.92 Å². The molecule has 1 aromatic rings. The van der Waals surface area contributed by atoms with Gasteiger partial charge in [-0.3, -0.25) is 0 Å². The third-order valence-corrected chi connectivity index (χ3v) is 4.64. The Bertz CT molecular complexity index is 531. The molecule has 0 amide bonds. The lowest BCUT2D eigenvalue weighted by atomic mass is 9.99. The van der Waals surface area contributed by atoms with Gasteiger partial charge in [-0.05, 0) is 78.7 Å². The van der Waals surface area contributed by atoms with Crippen LogP contribution >= 0.6 is 22.6 Å². The van der Waals surface area contributed by atoms with Crippen LogP contribution in [-0.2, 0) is 14.3 Å². The molecule has 0 spiro atoms. The Kier molecular flexibility index (Phi) is 11.2. The minimum absolute atomic E-state index is 0.623. The van der Waals surface area contributed by atoms with Gasteiger partial charge in [0.2, 0.25) is 0 Å². The van der Waals surface area contributed by atoms with E-state index in [1.807, 2.05) is 24.3 Å². The number of hydrogen-bond donors (Lipinski definition) is 2. The number of carboxylic acid groups (broad SMARTS) is 2. The second-order valence-corrected chi connectivity index (χ2v) is 7.29. The number of benzene rings is 1. The highest BCUT2D eigenvalue weighted by Gasteiger charge is 2.14. The number of carbonyl (C=O) groups is 2. The third-order valence-electron chi connectivity index (χ3n) is 3.92. The number of halogens is 1. The van der Waals surface area contributed by atoms with Crippen LogP contribution in [0.3, 0.4) is 0 Å². The van der Waals surface area contributed by atoms with E-state index in [9.17, 15) is 0 Å². The van der Waals surface area contributed by atoms with Crippen molar-refractivity contribution < 1.29 is 29.3 Å². The van der Waals surface area contributed by atoms with Crippen LogP contribution in [0.1, 0.15) is 19.8 Å². The topological polar surface area (TPSA) is 96.3 Å². The summed E-state index contributed by atoms with van der Waals surface area (Å²) in [5, 5.41) is 14.8. The molecule has 0 radical (unpaired) electrons. The van der Waals surface area contributed by atoms with Gasteiger partial charge in [0.1, 0.15) is 12.4 Å². The largest absolute Gasteiger partial charge is 0.491 e. The number of carboxylic acids is 2. The highest BCUT2D eigenvalue weighted by molar-refractivity contribution is 14.1. The Balaban J connectivity index is 0.000000487. The maximum absolute atomic E-state index is 9.10. The highest BCUT2D eigenvalue weighted by Crippen LogP contribution is 2.15. The van der Waals surface area contributed by atoms with Crippen LogP contribution in [0, 0.1) is 9.49 Å². The highest BCUT2D eigenvalue weighted by atomic mass is 127.